The molecule has 0 atom stereocenters. The zero-order valence-electron chi connectivity index (χ0n) is 11.2. The fraction of sp³-hybridized carbons (Fsp3) is 0.286. The van der Waals surface area contributed by atoms with Crippen molar-refractivity contribution in [3.8, 4) is 0 Å². The van der Waals surface area contributed by atoms with Gasteiger partial charge in [0.15, 0.2) is 5.96 Å². The van der Waals surface area contributed by atoms with Gasteiger partial charge in [-0.25, -0.2) is 0 Å². The molecule has 0 aromatic heterocycles. The molecule has 0 aliphatic heterocycles. The van der Waals surface area contributed by atoms with E-state index in [0.717, 1.165) is 11.1 Å². The molecular weight excluding hydrogens is 226 g/mol. The molecule has 1 amide bonds. The van der Waals surface area contributed by atoms with E-state index in [4.69, 9.17) is 11.5 Å². The number of nitrogens with zero attached hydrogens (tertiary/aromatic N) is 1. The highest BCUT2D eigenvalue weighted by molar-refractivity contribution is 6.00. The van der Waals surface area contributed by atoms with E-state index in [1.807, 2.05) is 6.92 Å². The average molecular weight is 245 g/mol. The predicted octanol–water partition coefficient (Wildman–Crippen LogP) is 1.73. The van der Waals surface area contributed by atoms with E-state index in [1.54, 1.807) is 6.08 Å². The van der Waals surface area contributed by atoms with Crippen molar-refractivity contribution >= 4 is 17.9 Å². The summed E-state index contributed by atoms with van der Waals surface area (Å²) in [5.41, 5.74) is 16.2. The van der Waals surface area contributed by atoms with Crippen molar-refractivity contribution in [2.75, 3.05) is 0 Å². The summed E-state index contributed by atoms with van der Waals surface area (Å²) in [5.74, 6) is -0.678. The molecule has 0 radical (unpaired) electrons. The SMILES string of the molecule is Cc1cc(C=CC(=O)N=C(N)N)c(C)c(C)c1C. The molecule has 0 heterocycles. The van der Waals surface area contributed by atoms with Crippen LogP contribution in [0.15, 0.2) is 17.1 Å². The Labute approximate surface area is 107 Å². The minimum absolute atomic E-state index is 0.224. The van der Waals surface area contributed by atoms with Crippen LogP contribution in [-0.4, -0.2) is 11.9 Å². The van der Waals surface area contributed by atoms with Crippen molar-refractivity contribution in [1.29, 1.82) is 0 Å². The van der Waals surface area contributed by atoms with Crippen LogP contribution < -0.4 is 11.5 Å². The molecule has 0 aliphatic carbocycles. The maximum atomic E-state index is 11.3. The van der Waals surface area contributed by atoms with Crippen LogP contribution in [0.25, 0.3) is 6.08 Å². The zero-order valence-corrected chi connectivity index (χ0v) is 11.2. The summed E-state index contributed by atoms with van der Waals surface area (Å²) < 4.78 is 0. The molecule has 1 aromatic carbocycles. The van der Waals surface area contributed by atoms with E-state index in [0.29, 0.717) is 0 Å². The number of aliphatic imine (C=N–C) groups is 1. The number of guanidine groups is 1. The van der Waals surface area contributed by atoms with Gasteiger partial charge < -0.3 is 11.5 Å². The summed E-state index contributed by atoms with van der Waals surface area (Å²) in [6.07, 6.45) is 3.11. The smallest absolute Gasteiger partial charge is 0.272 e. The Morgan fingerprint density at radius 3 is 2.28 bits per heavy atom. The summed E-state index contributed by atoms with van der Waals surface area (Å²) in [6.45, 7) is 8.26. The number of hydrogen-bond donors (Lipinski definition) is 2. The monoisotopic (exact) mass is 245 g/mol. The van der Waals surface area contributed by atoms with Gasteiger partial charge >= 0.3 is 0 Å². The minimum Gasteiger partial charge on any atom is -0.370 e. The quantitative estimate of drug-likeness (QED) is 0.473. The van der Waals surface area contributed by atoms with E-state index in [2.05, 4.69) is 31.8 Å². The molecule has 0 saturated carbocycles. The number of hydrogen-bond acceptors (Lipinski definition) is 1. The molecule has 4 heteroatoms. The second-order valence-electron chi connectivity index (χ2n) is 4.37. The predicted molar refractivity (Wildman–Crippen MR) is 75.2 cm³/mol. The second-order valence-corrected chi connectivity index (χ2v) is 4.37. The van der Waals surface area contributed by atoms with Crippen molar-refractivity contribution in [2.24, 2.45) is 16.5 Å². The molecule has 0 unspecified atom stereocenters. The van der Waals surface area contributed by atoms with Gasteiger partial charge in [0.1, 0.15) is 0 Å². The van der Waals surface area contributed by atoms with Gasteiger partial charge in [-0.05, 0) is 61.6 Å². The van der Waals surface area contributed by atoms with Gasteiger partial charge in [-0.3, -0.25) is 4.79 Å². The van der Waals surface area contributed by atoms with Crippen LogP contribution in [0.5, 0.6) is 0 Å². The summed E-state index contributed by atoms with van der Waals surface area (Å²) >= 11 is 0. The van der Waals surface area contributed by atoms with Crippen molar-refractivity contribution in [3.05, 3.63) is 40.0 Å². The summed E-state index contributed by atoms with van der Waals surface area (Å²) in [6, 6.07) is 2.05. The molecule has 18 heavy (non-hydrogen) atoms. The van der Waals surface area contributed by atoms with Crippen molar-refractivity contribution < 1.29 is 4.79 Å². The number of rotatable bonds is 2. The Balaban J connectivity index is 3.10. The van der Waals surface area contributed by atoms with Gasteiger partial charge in [-0.1, -0.05) is 6.07 Å². The lowest BCUT2D eigenvalue weighted by Crippen LogP contribution is -2.23. The maximum absolute atomic E-state index is 11.3. The van der Waals surface area contributed by atoms with Crippen LogP contribution in [0, 0.1) is 27.7 Å². The first-order chi connectivity index (χ1) is 8.32. The fourth-order valence-electron chi connectivity index (χ4n) is 1.74. The first kappa shape index (κ1) is 14.0. The number of amides is 1. The minimum atomic E-state index is -0.453. The van der Waals surface area contributed by atoms with Crippen LogP contribution in [0.1, 0.15) is 27.8 Å². The molecule has 0 aliphatic rings. The molecular formula is C14H19N3O. The van der Waals surface area contributed by atoms with E-state index in [1.165, 1.54) is 22.8 Å². The summed E-state index contributed by atoms with van der Waals surface area (Å²) in [4.78, 5) is 14.8. The van der Waals surface area contributed by atoms with Crippen LogP contribution in [-0.2, 0) is 4.79 Å². The Morgan fingerprint density at radius 2 is 1.72 bits per heavy atom. The highest BCUT2D eigenvalue weighted by Crippen LogP contribution is 2.22. The van der Waals surface area contributed by atoms with Gasteiger partial charge in [0, 0.05) is 6.08 Å². The maximum Gasteiger partial charge on any atom is 0.272 e. The first-order valence-corrected chi connectivity index (χ1v) is 5.72. The van der Waals surface area contributed by atoms with E-state index in [-0.39, 0.29) is 5.96 Å². The molecule has 96 valence electrons. The van der Waals surface area contributed by atoms with Crippen LogP contribution in [0.2, 0.25) is 0 Å². The number of carbonyl (C=O) groups excluding carboxylic acids is 1. The fourth-order valence-corrected chi connectivity index (χ4v) is 1.74. The highest BCUT2D eigenvalue weighted by Gasteiger charge is 2.05. The topological polar surface area (TPSA) is 81.5 Å². The second kappa shape index (κ2) is 5.49. The molecule has 0 bridgehead atoms. The lowest BCUT2D eigenvalue weighted by molar-refractivity contribution is -0.113. The summed E-state index contributed by atoms with van der Waals surface area (Å²) in [5, 5.41) is 0. The van der Waals surface area contributed by atoms with E-state index < -0.39 is 5.91 Å². The van der Waals surface area contributed by atoms with Crippen molar-refractivity contribution in [1.82, 2.24) is 0 Å². The van der Waals surface area contributed by atoms with Crippen molar-refractivity contribution in [2.45, 2.75) is 27.7 Å². The summed E-state index contributed by atoms with van der Waals surface area (Å²) in [7, 11) is 0. The lowest BCUT2D eigenvalue weighted by Gasteiger charge is -2.11. The normalized spacial score (nSPS) is 10.7. The number of benzene rings is 1. The molecule has 0 saturated heterocycles. The third-order valence-electron chi connectivity index (χ3n) is 3.17. The van der Waals surface area contributed by atoms with Crippen molar-refractivity contribution in [3.63, 3.8) is 0 Å². The Hall–Kier alpha value is -2.10. The zero-order chi connectivity index (χ0) is 13.9. The number of aryl methyl sites for hydroxylation is 1. The molecule has 4 N–H and O–H groups in total. The van der Waals surface area contributed by atoms with Gasteiger partial charge in [0.05, 0.1) is 0 Å². The molecule has 1 aromatic rings. The Morgan fingerprint density at radius 1 is 1.11 bits per heavy atom. The lowest BCUT2D eigenvalue weighted by atomic mass is 9.94. The Kier molecular flexibility index (Phi) is 4.26. The highest BCUT2D eigenvalue weighted by atomic mass is 16.1. The van der Waals surface area contributed by atoms with Crippen LogP contribution in [0.3, 0.4) is 0 Å². The molecule has 4 nitrogen and oxygen atoms in total. The average Bonchev–Trinajstić information content (AvgIpc) is 2.28. The number of nitrogens with two attached hydrogens (primary N) is 2. The van der Waals surface area contributed by atoms with Gasteiger partial charge in [0.2, 0.25) is 0 Å². The van der Waals surface area contributed by atoms with Crippen LogP contribution in [0.4, 0.5) is 0 Å². The molecule has 0 spiro atoms. The Bertz CT molecular complexity index is 538. The standard InChI is InChI=1S/C14H19N3O/c1-8-7-12(11(4)10(3)9(8)2)5-6-13(18)17-14(15)16/h5-7H,1-4H3,(H4,15,16,17,18). The molecule has 1 rings (SSSR count). The third kappa shape index (κ3) is 3.20. The molecule has 0 fully saturated rings. The first-order valence-electron chi connectivity index (χ1n) is 5.72. The van der Waals surface area contributed by atoms with Crippen LogP contribution >= 0.6 is 0 Å². The van der Waals surface area contributed by atoms with E-state index in [9.17, 15) is 4.79 Å². The van der Waals surface area contributed by atoms with Gasteiger partial charge in [-0.2, -0.15) is 4.99 Å². The third-order valence-corrected chi connectivity index (χ3v) is 3.17. The largest absolute Gasteiger partial charge is 0.370 e. The van der Waals surface area contributed by atoms with E-state index >= 15 is 0 Å². The van der Waals surface area contributed by atoms with Gasteiger partial charge in [0.25, 0.3) is 5.91 Å². The van der Waals surface area contributed by atoms with Gasteiger partial charge in [-0.15, -0.1) is 0 Å². The number of carbonyl (C=O) groups is 1.